The molecule has 1 heterocycles. The van der Waals surface area contributed by atoms with Crippen molar-refractivity contribution >= 4 is 23.3 Å². The highest BCUT2D eigenvalue weighted by molar-refractivity contribution is 6.33. The average Bonchev–Trinajstić information content (AvgIpc) is 2.44. The first-order valence-corrected chi connectivity index (χ1v) is 6.77. The van der Waals surface area contributed by atoms with Gasteiger partial charge < -0.3 is 11.1 Å². The van der Waals surface area contributed by atoms with Gasteiger partial charge in [0.1, 0.15) is 11.6 Å². The Labute approximate surface area is 126 Å². The van der Waals surface area contributed by atoms with Gasteiger partial charge in [0, 0.05) is 12.7 Å². The molecule has 1 aromatic carbocycles. The molecule has 0 atom stereocenters. The normalized spacial score (nSPS) is 10.4. The van der Waals surface area contributed by atoms with Gasteiger partial charge in [0.25, 0.3) is 5.91 Å². The molecule has 0 spiro atoms. The van der Waals surface area contributed by atoms with Crippen LogP contribution in [0.3, 0.4) is 0 Å². The van der Waals surface area contributed by atoms with Crippen LogP contribution in [0.2, 0.25) is 5.02 Å². The van der Waals surface area contributed by atoms with Gasteiger partial charge in [-0.1, -0.05) is 24.6 Å². The van der Waals surface area contributed by atoms with Gasteiger partial charge in [-0.2, -0.15) is 0 Å². The lowest BCUT2D eigenvalue weighted by Crippen LogP contribution is -2.25. The lowest BCUT2D eigenvalue weighted by Gasteiger charge is -2.08. The van der Waals surface area contributed by atoms with Gasteiger partial charge in [-0.3, -0.25) is 4.79 Å². The predicted octanol–water partition coefficient (Wildman–Crippen LogP) is 2.66. The maximum atomic E-state index is 13.8. The molecule has 0 radical (unpaired) electrons. The molecule has 0 saturated heterocycles. The number of anilines is 1. The number of hydrogen-bond acceptors (Lipinski definition) is 4. The summed E-state index contributed by atoms with van der Waals surface area (Å²) in [6, 6.07) is 4.26. The molecule has 0 saturated carbocycles. The summed E-state index contributed by atoms with van der Waals surface area (Å²) in [5.41, 5.74) is 5.97. The largest absolute Gasteiger partial charge is 0.383 e. The van der Waals surface area contributed by atoms with E-state index >= 15 is 0 Å². The fraction of sp³-hybridized carbons (Fsp3) is 0.214. The van der Waals surface area contributed by atoms with Gasteiger partial charge in [0.2, 0.25) is 0 Å². The second-order valence-corrected chi connectivity index (χ2v) is 4.75. The number of nitrogen functional groups attached to an aromatic ring is 1. The maximum absolute atomic E-state index is 13.8. The monoisotopic (exact) mass is 308 g/mol. The van der Waals surface area contributed by atoms with Gasteiger partial charge in [0.05, 0.1) is 16.1 Å². The summed E-state index contributed by atoms with van der Waals surface area (Å²) in [6.07, 6.45) is 2.07. The molecule has 0 aliphatic heterocycles. The molecule has 21 heavy (non-hydrogen) atoms. The smallest absolute Gasteiger partial charge is 0.256 e. The number of aromatic nitrogens is 2. The first kappa shape index (κ1) is 15.2. The summed E-state index contributed by atoms with van der Waals surface area (Å²) in [6.45, 7) is 2.46. The summed E-state index contributed by atoms with van der Waals surface area (Å²) >= 11 is 5.95. The van der Waals surface area contributed by atoms with E-state index in [0.717, 1.165) is 6.42 Å². The molecule has 2 rings (SSSR count). The SMILES string of the molecule is CCCNC(=O)c1cnc(-c2c(F)cccc2Cl)nc1N. The van der Waals surface area contributed by atoms with Crippen molar-refractivity contribution in [2.24, 2.45) is 0 Å². The second kappa shape index (κ2) is 6.49. The number of benzene rings is 1. The van der Waals surface area contributed by atoms with Crippen molar-refractivity contribution in [1.82, 2.24) is 15.3 Å². The number of nitrogens with one attached hydrogen (secondary N) is 1. The fourth-order valence-corrected chi connectivity index (χ4v) is 1.98. The van der Waals surface area contributed by atoms with Crippen molar-refractivity contribution in [2.75, 3.05) is 12.3 Å². The van der Waals surface area contributed by atoms with Crippen LogP contribution in [-0.2, 0) is 0 Å². The summed E-state index contributed by atoms with van der Waals surface area (Å²) in [5.74, 6) is -0.888. The minimum atomic E-state index is -0.551. The summed E-state index contributed by atoms with van der Waals surface area (Å²) in [4.78, 5) is 19.8. The van der Waals surface area contributed by atoms with Crippen LogP contribution in [0, 0.1) is 5.82 Å². The third-order valence-electron chi connectivity index (χ3n) is 2.78. The molecule has 7 heteroatoms. The molecule has 3 N–H and O–H groups in total. The molecule has 1 aromatic heterocycles. The van der Waals surface area contributed by atoms with Crippen LogP contribution in [0.4, 0.5) is 10.2 Å². The van der Waals surface area contributed by atoms with E-state index in [1.807, 2.05) is 6.92 Å². The van der Waals surface area contributed by atoms with Crippen LogP contribution in [0.5, 0.6) is 0 Å². The van der Waals surface area contributed by atoms with Crippen molar-refractivity contribution in [3.8, 4) is 11.4 Å². The Balaban J connectivity index is 2.37. The molecule has 0 aliphatic carbocycles. The lowest BCUT2D eigenvalue weighted by atomic mass is 10.2. The first-order chi connectivity index (χ1) is 10.0. The first-order valence-electron chi connectivity index (χ1n) is 6.39. The van der Waals surface area contributed by atoms with Gasteiger partial charge >= 0.3 is 0 Å². The van der Waals surface area contributed by atoms with Gasteiger partial charge in [-0.15, -0.1) is 0 Å². The minimum Gasteiger partial charge on any atom is -0.383 e. The number of nitrogens with two attached hydrogens (primary N) is 1. The molecule has 2 aromatic rings. The van der Waals surface area contributed by atoms with E-state index in [0.29, 0.717) is 6.54 Å². The highest BCUT2D eigenvalue weighted by Gasteiger charge is 2.16. The Morgan fingerprint density at radius 1 is 1.48 bits per heavy atom. The summed E-state index contributed by atoms with van der Waals surface area (Å²) in [5, 5.41) is 2.85. The predicted molar refractivity (Wildman–Crippen MR) is 79.5 cm³/mol. The van der Waals surface area contributed by atoms with Crippen LogP contribution in [0.15, 0.2) is 24.4 Å². The Bertz CT molecular complexity index is 658. The number of nitrogens with zero attached hydrogens (tertiary/aromatic N) is 2. The molecular formula is C14H14ClFN4O. The van der Waals surface area contributed by atoms with Gasteiger partial charge in [0.15, 0.2) is 5.82 Å². The molecule has 0 fully saturated rings. The molecule has 0 aliphatic rings. The van der Waals surface area contributed by atoms with E-state index in [-0.39, 0.29) is 33.7 Å². The maximum Gasteiger partial charge on any atom is 0.256 e. The summed E-state index contributed by atoms with van der Waals surface area (Å²) < 4.78 is 13.8. The van der Waals surface area contributed by atoms with Crippen LogP contribution in [-0.4, -0.2) is 22.4 Å². The number of rotatable bonds is 4. The second-order valence-electron chi connectivity index (χ2n) is 4.35. The van der Waals surface area contributed by atoms with Crippen molar-refractivity contribution in [3.63, 3.8) is 0 Å². The number of carbonyl (C=O) groups is 1. The molecule has 0 unspecified atom stereocenters. The molecule has 5 nitrogen and oxygen atoms in total. The number of halogens is 2. The van der Waals surface area contributed by atoms with E-state index in [9.17, 15) is 9.18 Å². The van der Waals surface area contributed by atoms with Crippen molar-refractivity contribution in [3.05, 3.63) is 40.8 Å². The van der Waals surface area contributed by atoms with Crippen LogP contribution in [0.25, 0.3) is 11.4 Å². The number of hydrogen-bond donors (Lipinski definition) is 2. The summed E-state index contributed by atoms with van der Waals surface area (Å²) in [7, 11) is 0. The van der Waals surface area contributed by atoms with Crippen LogP contribution in [0.1, 0.15) is 23.7 Å². The number of amides is 1. The minimum absolute atomic E-state index is 0.0204. The van der Waals surface area contributed by atoms with Gasteiger partial charge in [-0.05, 0) is 18.6 Å². The molecule has 110 valence electrons. The topological polar surface area (TPSA) is 80.9 Å². The fourth-order valence-electron chi connectivity index (χ4n) is 1.74. The van der Waals surface area contributed by atoms with Crippen molar-refractivity contribution < 1.29 is 9.18 Å². The van der Waals surface area contributed by atoms with E-state index in [1.165, 1.54) is 24.4 Å². The Morgan fingerprint density at radius 3 is 2.86 bits per heavy atom. The quantitative estimate of drug-likeness (QED) is 0.910. The third kappa shape index (κ3) is 3.28. The third-order valence-corrected chi connectivity index (χ3v) is 3.10. The zero-order valence-corrected chi connectivity index (χ0v) is 12.1. The standard InChI is InChI=1S/C14H14ClFN4O/c1-2-6-18-14(21)8-7-19-13(20-12(8)17)11-9(15)4-3-5-10(11)16/h3-5,7H,2,6H2,1H3,(H,18,21)(H2,17,19,20). The zero-order chi connectivity index (χ0) is 15.4. The van der Waals surface area contributed by atoms with Crippen molar-refractivity contribution in [2.45, 2.75) is 13.3 Å². The number of carbonyl (C=O) groups excluding carboxylic acids is 1. The average molecular weight is 309 g/mol. The van der Waals surface area contributed by atoms with E-state index in [1.54, 1.807) is 0 Å². The van der Waals surface area contributed by atoms with Crippen molar-refractivity contribution in [1.29, 1.82) is 0 Å². The highest BCUT2D eigenvalue weighted by Crippen LogP contribution is 2.28. The Morgan fingerprint density at radius 2 is 2.24 bits per heavy atom. The lowest BCUT2D eigenvalue weighted by molar-refractivity contribution is 0.0954. The molecule has 0 bridgehead atoms. The van der Waals surface area contributed by atoms with E-state index < -0.39 is 5.82 Å². The van der Waals surface area contributed by atoms with Crippen LogP contribution < -0.4 is 11.1 Å². The van der Waals surface area contributed by atoms with Crippen LogP contribution >= 0.6 is 11.6 Å². The van der Waals surface area contributed by atoms with Gasteiger partial charge in [-0.25, -0.2) is 14.4 Å². The molecular weight excluding hydrogens is 295 g/mol. The Kier molecular flexibility index (Phi) is 4.70. The molecule has 1 amide bonds. The Hall–Kier alpha value is -2.21. The van der Waals surface area contributed by atoms with E-state index in [4.69, 9.17) is 17.3 Å². The van der Waals surface area contributed by atoms with E-state index in [2.05, 4.69) is 15.3 Å². The highest BCUT2D eigenvalue weighted by atomic mass is 35.5. The zero-order valence-electron chi connectivity index (χ0n) is 11.4.